The highest BCUT2D eigenvalue weighted by Crippen LogP contribution is 2.14. The number of nitrogens with one attached hydrogen (secondary N) is 1. The minimum Gasteiger partial charge on any atom is -0.484 e. The zero-order valence-corrected chi connectivity index (χ0v) is 13.3. The summed E-state index contributed by atoms with van der Waals surface area (Å²) in [4.78, 5) is 11.7. The van der Waals surface area contributed by atoms with Gasteiger partial charge in [-0.2, -0.15) is 10.4 Å². The molecule has 0 saturated carbocycles. The van der Waals surface area contributed by atoms with Gasteiger partial charge in [-0.1, -0.05) is 36.4 Å². The van der Waals surface area contributed by atoms with Crippen molar-refractivity contribution in [3.63, 3.8) is 0 Å². The van der Waals surface area contributed by atoms with Crippen LogP contribution in [-0.2, 0) is 4.79 Å². The lowest BCUT2D eigenvalue weighted by atomic mass is 10.1. The van der Waals surface area contributed by atoms with E-state index in [1.807, 2.05) is 48.5 Å². The average Bonchev–Trinajstić information content (AvgIpc) is 2.66. The summed E-state index contributed by atoms with van der Waals surface area (Å²) in [6.07, 6.45) is 1.59. The largest absolute Gasteiger partial charge is 0.484 e. The number of rotatable bonds is 5. The Labute approximate surface area is 145 Å². The van der Waals surface area contributed by atoms with E-state index in [0.717, 1.165) is 16.3 Å². The van der Waals surface area contributed by atoms with E-state index in [9.17, 15) is 4.79 Å². The van der Waals surface area contributed by atoms with Crippen molar-refractivity contribution in [3.05, 3.63) is 77.9 Å². The molecule has 0 spiro atoms. The number of hydrogen-bond acceptors (Lipinski definition) is 4. The lowest BCUT2D eigenvalue weighted by Gasteiger charge is -2.04. The van der Waals surface area contributed by atoms with Crippen molar-refractivity contribution in [2.45, 2.75) is 0 Å². The highest BCUT2D eigenvalue weighted by molar-refractivity contribution is 5.90. The second-order valence-electron chi connectivity index (χ2n) is 5.32. The molecular formula is C20H15N3O2. The number of benzene rings is 3. The molecule has 0 fully saturated rings. The summed E-state index contributed by atoms with van der Waals surface area (Å²) in [7, 11) is 0. The standard InChI is InChI=1S/C20H15N3O2/c21-12-15-6-9-19(10-7-15)25-14-20(24)23-22-13-16-5-8-17-3-1-2-4-18(17)11-16/h1-11,13H,14H2,(H,23,24)/b22-13-. The number of nitriles is 1. The maximum Gasteiger partial charge on any atom is 0.277 e. The van der Waals surface area contributed by atoms with Crippen molar-refractivity contribution in [1.82, 2.24) is 5.43 Å². The predicted octanol–water partition coefficient (Wildman–Crippen LogP) is 3.24. The van der Waals surface area contributed by atoms with Gasteiger partial charge >= 0.3 is 0 Å². The molecule has 5 nitrogen and oxygen atoms in total. The zero-order valence-electron chi connectivity index (χ0n) is 13.3. The third kappa shape index (κ3) is 4.43. The van der Waals surface area contributed by atoms with E-state index in [4.69, 9.17) is 10.00 Å². The summed E-state index contributed by atoms with van der Waals surface area (Å²) < 4.78 is 5.33. The zero-order chi connectivity index (χ0) is 17.5. The van der Waals surface area contributed by atoms with Gasteiger partial charge in [-0.3, -0.25) is 4.79 Å². The first kappa shape index (κ1) is 16.2. The Kier molecular flexibility index (Phi) is 5.03. The Morgan fingerprint density at radius 3 is 2.60 bits per heavy atom. The molecular weight excluding hydrogens is 314 g/mol. The Balaban J connectivity index is 1.52. The van der Waals surface area contributed by atoms with Crippen molar-refractivity contribution >= 4 is 22.9 Å². The van der Waals surface area contributed by atoms with Gasteiger partial charge in [0.1, 0.15) is 5.75 Å². The van der Waals surface area contributed by atoms with Crippen molar-refractivity contribution < 1.29 is 9.53 Å². The molecule has 5 heteroatoms. The highest BCUT2D eigenvalue weighted by atomic mass is 16.5. The Bertz CT molecular complexity index is 957. The van der Waals surface area contributed by atoms with Gasteiger partial charge in [-0.25, -0.2) is 5.43 Å². The van der Waals surface area contributed by atoms with Crippen LogP contribution in [0.25, 0.3) is 10.8 Å². The number of hydrazone groups is 1. The first-order valence-corrected chi connectivity index (χ1v) is 7.68. The van der Waals surface area contributed by atoms with Gasteiger partial charge in [0, 0.05) is 0 Å². The molecule has 1 amide bonds. The lowest BCUT2D eigenvalue weighted by molar-refractivity contribution is -0.123. The quantitative estimate of drug-likeness (QED) is 0.577. The first-order valence-electron chi connectivity index (χ1n) is 7.68. The van der Waals surface area contributed by atoms with Crippen molar-refractivity contribution in [3.8, 4) is 11.8 Å². The number of amides is 1. The minimum atomic E-state index is -0.360. The summed E-state index contributed by atoms with van der Waals surface area (Å²) in [5.74, 6) is 0.161. The van der Waals surface area contributed by atoms with Crippen LogP contribution in [-0.4, -0.2) is 18.7 Å². The van der Waals surface area contributed by atoms with Gasteiger partial charge in [0.15, 0.2) is 6.61 Å². The van der Waals surface area contributed by atoms with Crippen LogP contribution in [0, 0.1) is 11.3 Å². The summed E-state index contributed by atoms with van der Waals surface area (Å²) in [6, 6.07) is 22.5. The van der Waals surface area contributed by atoms with E-state index >= 15 is 0 Å². The van der Waals surface area contributed by atoms with Crippen molar-refractivity contribution in [2.75, 3.05) is 6.61 Å². The highest BCUT2D eigenvalue weighted by Gasteiger charge is 2.01. The smallest absolute Gasteiger partial charge is 0.277 e. The molecule has 122 valence electrons. The van der Waals surface area contributed by atoms with Crippen LogP contribution in [0.1, 0.15) is 11.1 Å². The molecule has 3 aromatic carbocycles. The number of nitrogens with zero attached hydrogens (tertiary/aromatic N) is 2. The van der Waals surface area contributed by atoms with Crippen molar-refractivity contribution in [2.24, 2.45) is 5.10 Å². The Morgan fingerprint density at radius 2 is 1.84 bits per heavy atom. The molecule has 0 aliphatic carbocycles. The van der Waals surface area contributed by atoms with Crippen LogP contribution in [0.15, 0.2) is 71.8 Å². The molecule has 0 aliphatic rings. The summed E-state index contributed by atoms with van der Waals surface area (Å²) >= 11 is 0. The number of carbonyl (C=O) groups excluding carboxylic acids is 1. The van der Waals surface area contributed by atoms with E-state index in [0.29, 0.717) is 11.3 Å². The molecule has 0 aromatic heterocycles. The molecule has 1 N–H and O–H groups in total. The fraction of sp³-hybridized carbons (Fsp3) is 0.0500. The maximum atomic E-state index is 11.7. The second-order valence-corrected chi connectivity index (χ2v) is 5.32. The van der Waals surface area contributed by atoms with E-state index in [1.165, 1.54) is 0 Å². The number of fused-ring (bicyclic) bond motifs is 1. The van der Waals surface area contributed by atoms with E-state index in [1.54, 1.807) is 30.5 Å². The monoisotopic (exact) mass is 329 g/mol. The predicted molar refractivity (Wildman–Crippen MR) is 96.3 cm³/mol. The number of carbonyl (C=O) groups is 1. The van der Waals surface area contributed by atoms with Gasteiger partial charge in [0.05, 0.1) is 17.8 Å². The molecule has 3 aromatic rings. The second kappa shape index (κ2) is 7.75. The van der Waals surface area contributed by atoms with Gasteiger partial charge in [0.25, 0.3) is 5.91 Å². The van der Waals surface area contributed by atoms with Gasteiger partial charge < -0.3 is 4.74 Å². The normalized spacial score (nSPS) is 10.5. The van der Waals surface area contributed by atoms with Crippen LogP contribution < -0.4 is 10.2 Å². The molecule has 0 saturated heterocycles. The van der Waals surface area contributed by atoms with Gasteiger partial charge in [-0.15, -0.1) is 0 Å². The van der Waals surface area contributed by atoms with E-state index in [-0.39, 0.29) is 12.5 Å². The topological polar surface area (TPSA) is 74.5 Å². The van der Waals surface area contributed by atoms with Crippen LogP contribution in [0.5, 0.6) is 5.75 Å². The third-order valence-corrected chi connectivity index (χ3v) is 3.53. The fourth-order valence-electron chi connectivity index (χ4n) is 2.27. The van der Waals surface area contributed by atoms with Crippen LogP contribution >= 0.6 is 0 Å². The molecule has 0 heterocycles. The molecule has 0 radical (unpaired) electrons. The SMILES string of the molecule is N#Cc1ccc(OCC(=O)N/N=C\c2ccc3ccccc3c2)cc1. The number of hydrogen-bond donors (Lipinski definition) is 1. The van der Waals surface area contributed by atoms with Crippen LogP contribution in [0.2, 0.25) is 0 Å². The molecule has 0 unspecified atom stereocenters. The molecule has 0 bridgehead atoms. The molecule has 25 heavy (non-hydrogen) atoms. The van der Waals surface area contributed by atoms with Crippen LogP contribution in [0.4, 0.5) is 0 Å². The maximum absolute atomic E-state index is 11.7. The first-order chi connectivity index (χ1) is 12.2. The summed E-state index contributed by atoms with van der Waals surface area (Å²) in [6.45, 7) is -0.152. The Hall–Kier alpha value is -3.65. The lowest BCUT2D eigenvalue weighted by Crippen LogP contribution is -2.24. The molecule has 0 aliphatic heterocycles. The minimum absolute atomic E-state index is 0.152. The van der Waals surface area contributed by atoms with Gasteiger partial charge in [-0.05, 0) is 46.7 Å². The summed E-state index contributed by atoms with van der Waals surface area (Å²) in [5, 5.41) is 14.9. The number of ether oxygens (including phenoxy) is 1. The van der Waals surface area contributed by atoms with Gasteiger partial charge in [0.2, 0.25) is 0 Å². The molecule has 0 atom stereocenters. The van der Waals surface area contributed by atoms with Crippen LogP contribution in [0.3, 0.4) is 0 Å². The summed E-state index contributed by atoms with van der Waals surface area (Å²) in [5.41, 5.74) is 3.86. The Morgan fingerprint density at radius 1 is 1.08 bits per heavy atom. The van der Waals surface area contributed by atoms with Crippen molar-refractivity contribution in [1.29, 1.82) is 5.26 Å². The van der Waals surface area contributed by atoms with E-state index < -0.39 is 0 Å². The average molecular weight is 329 g/mol. The van der Waals surface area contributed by atoms with E-state index in [2.05, 4.69) is 10.5 Å². The fourth-order valence-corrected chi connectivity index (χ4v) is 2.27. The third-order valence-electron chi connectivity index (χ3n) is 3.53. The molecule has 3 rings (SSSR count).